The van der Waals surface area contributed by atoms with Crippen LogP contribution in [0.3, 0.4) is 0 Å². The van der Waals surface area contributed by atoms with Gasteiger partial charge >= 0.3 is 6.03 Å². The number of imide groups is 1. The molecule has 2 saturated carbocycles. The van der Waals surface area contributed by atoms with Gasteiger partial charge in [0.2, 0.25) is 5.91 Å². The number of fused-ring (bicyclic) bond motifs is 1. The zero-order chi connectivity index (χ0) is 13.9. The number of urea groups is 1. The minimum atomic E-state index is -0.356. The van der Waals surface area contributed by atoms with E-state index < -0.39 is 0 Å². The van der Waals surface area contributed by atoms with Crippen LogP contribution >= 0.6 is 0 Å². The third kappa shape index (κ3) is 3.49. The van der Waals surface area contributed by atoms with Crippen molar-refractivity contribution in [3.05, 3.63) is 0 Å². The Kier molecular flexibility index (Phi) is 4.21. The van der Waals surface area contributed by atoms with Crippen LogP contribution in [0.2, 0.25) is 0 Å². The normalized spacial score (nSPS) is 30.4. The summed E-state index contributed by atoms with van der Waals surface area (Å²) in [7, 11) is 0. The SMILES string of the molecule is O=C(CN1CCOC2CCCCC21)NC(=O)NC1CC1. The lowest BCUT2D eigenvalue weighted by molar-refractivity contribution is -0.128. The summed E-state index contributed by atoms with van der Waals surface area (Å²) in [5.74, 6) is -0.214. The van der Waals surface area contributed by atoms with E-state index in [0.717, 1.165) is 32.2 Å². The van der Waals surface area contributed by atoms with Crippen LogP contribution in [0.1, 0.15) is 38.5 Å². The molecule has 6 heteroatoms. The first-order chi connectivity index (χ1) is 9.72. The smallest absolute Gasteiger partial charge is 0.321 e. The first-order valence-electron chi connectivity index (χ1n) is 7.68. The first kappa shape index (κ1) is 13.8. The quantitative estimate of drug-likeness (QED) is 0.795. The second kappa shape index (κ2) is 6.10. The lowest BCUT2D eigenvalue weighted by Gasteiger charge is -2.43. The van der Waals surface area contributed by atoms with E-state index >= 15 is 0 Å². The number of rotatable bonds is 3. The second-order valence-electron chi connectivity index (χ2n) is 6.03. The van der Waals surface area contributed by atoms with Gasteiger partial charge in [0, 0.05) is 18.6 Å². The molecule has 2 aliphatic carbocycles. The summed E-state index contributed by atoms with van der Waals surface area (Å²) in [5.41, 5.74) is 0. The summed E-state index contributed by atoms with van der Waals surface area (Å²) in [6.07, 6.45) is 6.90. The van der Waals surface area contributed by atoms with Crippen molar-refractivity contribution >= 4 is 11.9 Å². The van der Waals surface area contributed by atoms with Gasteiger partial charge in [-0.2, -0.15) is 0 Å². The van der Waals surface area contributed by atoms with Gasteiger partial charge < -0.3 is 10.1 Å². The van der Waals surface area contributed by atoms with Gasteiger partial charge in [-0.3, -0.25) is 15.0 Å². The van der Waals surface area contributed by atoms with Crippen LogP contribution in [0.5, 0.6) is 0 Å². The second-order valence-corrected chi connectivity index (χ2v) is 6.03. The van der Waals surface area contributed by atoms with Crippen molar-refractivity contribution < 1.29 is 14.3 Å². The molecule has 1 heterocycles. The number of hydrogen-bond donors (Lipinski definition) is 2. The van der Waals surface area contributed by atoms with Gasteiger partial charge in [-0.15, -0.1) is 0 Å². The van der Waals surface area contributed by atoms with E-state index in [-0.39, 0.29) is 24.1 Å². The molecule has 3 fully saturated rings. The van der Waals surface area contributed by atoms with Gasteiger partial charge in [-0.1, -0.05) is 12.8 Å². The van der Waals surface area contributed by atoms with Crippen LogP contribution in [-0.2, 0) is 9.53 Å². The molecule has 2 unspecified atom stereocenters. The van der Waals surface area contributed by atoms with Gasteiger partial charge in [0.1, 0.15) is 0 Å². The summed E-state index contributed by atoms with van der Waals surface area (Å²) in [6.45, 7) is 1.75. The molecule has 20 heavy (non-hydrogen) atoms. The van der Waals surface area contributed by atoms with Crippen LogP contribution in [0.25, 0.3) is 0 Å². The molecule has 1 aliphatic heterocycles. The number of carbonyl (C=O) groups is 2. The molecule has 0 aromatic rings. The minimum absolute atomic E-state index is 0.214. The number of nitrogens with one attached hydrogen (secondary N) is 2. The van der Waals surface area contributed by atoms with Crippen LogP contribution < -0.4 is 10.6 Å². The van der Waals surface area contributed by atoms with E-state index in [0.29, 0.717) is 19.2 Å². The molecule has 0 aromatic carbocycles. The fourth-order valence-electron chi connectivity index (χ4n) is 3.17. The predicted molar refractivity (Wildman–Crippen MR) is 73.3 cm³/mol. The highest BCUT2D eigenvalue weighted by atomic mass is 16.5. The van der Waals surface area contributed by atoms with Crippen molar-refractivity contribution in [1.29, 1.82) is 0 Å². The van der Waals surface area contributed by atoms with E-state index in [9.17, 15) is 9.59 Å². The Hall–Kier alpha value is -1.14. The lowest BCUT2D eigenvalue weighted by Crippen LogP contribution is -2.56. The maximum absolute atomic E-state index is 11.9. The van der Waals surface area contributed by atoms with Gasteiger partial charge in [0.15, 0.2) is 0 Å². The number of nitrogens with zero attached hydrogens (tertiary/aromatic N) is 1. The topological polar surface area (TPSA) is 70.7 Å². The first-order valence-corrected chi connectivity index (χ1v) is 7.68. The Morgan fingerprint density at radius 3 is 2.75 bits per heavy atom. The highest BCUT2D eigenvalue weighted by Gasteiger charge is 2.35. The fourth-order valence-corrected chi connectivity index (χ4v) is 3.17. The van der Waals surface area contributed by atoms with Crippen LogP contribution in [0.4, 0.5) is 4.79 Å². The minimum Gasteiger partial charge on any atom is -0.375 e. The third-order valence-corrected chi connectivity index (χ3v) is 4.36. The molecular formula is C14H23N3O3. The summed E-state index contributed by atoms with van der Waals surface area (Å²) >= 11 is 0. The van der Waals surface area contributed by atoms with Gasteiger partial charge in [-0.05, 0) is 25.7 Å². The van der Waals surface area contributed by atoms with Crippen molar-refractivity contribution in [3.63, 3.8) is 0 Å². The molecule has 3 aliphatic rings. The monoisotopic (exact) mass is 281 g/mol. The summed E-state index contributed by atoms with van der Waals surface area (Å²) in [5, 5.41) is 5.19. The maximum atomic E-state index is 11.9. The molecule has 3 amide bonds. The van der Waals surface area contributed by atoms with Crippen molar-refractivity contribution in [2.45, 2.75) is 56.7 Å². The van der Waals surface area contributed by atoms with Crippen molar-refractivity contribution in [1.82, 2.24) is 15.5 Å². The Bertz CT molecular complexity index is 382. The third-order valence-electron chi connectivity index (χ3n) is 4.36. The molecule has 0 radical (unpaired) electrons. The average Bonchev–Trinajstić information content (AvgIpc) is 3.22. The van der Waals surface area contributed by atoms with Crippen LogP contribution in [0, 0.1) is 0 Å². The standard InChI is InChI=1S/C14H23N3O3/c18-13(16-14(19)15-10-5-6-10)9-17-7-8-20-12-4-2-1-3-11(12)17/h10-12H,1-9H2,(H2,15,16,18,19). The van der Waals surface area contributed by atoms with Crippen molar-refractivity contribution in [2.24, 2.45) is 0 Å². The van der Waals surface area contributed by atoms with Crippen LogP contribution in [-0.4, -0.2) is 54.7 Å². The molecule has 2 atom stereocenters. The van der Waals surface area contributed by atoms with Crippen LogP contribution in [0.15, 0.2) is 0 Å². The Balaban J connectivity index is 1.47. The van der Waals surface area contributed by atoms with Gasteiger partial charge in [0.25, 0.3) is 0 Å². The summed E-state index contributed by atoms with van der Waals surface area (Å²) in [6, 6.07) is 0.259. The Labute approximate surface area is 119 Å². The molecule has 3 rings (SSSR count). The fraction of sp³-hybridized carbons (Fsp3) is 0.857. The Morgan fingerprint density at radius 1 is 1.15 bits per heavy atom. The van der Waals surface area contributed by atoms with Crippen molar-refractivity contribution in [2.75, 3.05) is 19.7 Å². The molecule has 112 valence electrons. The number of hydrogen-bond acceptors (Lipinski definition) is 4. The Morgan fingerprint density at radius 2 is 1.95 bits per heavy atom. The maximum Gasteiger partial charge on any atom is 0.321 e. The van der Waals surface area contributed by atoms with E-state index in [1.807, 2.05) is 0 Å². The zero-order valence-electron chi connectivity index (χ0n) is 11.8. The number of ether oxygens (including phenoxy) is 1. The molecule has 2 N–H and O–H groups in total. The predicted octanol–water partition coefficient (Wildman–Crippen LogP) is 0.618. The lowest BCUT2D eigenvalue weighted by atomic mass is 9.90. The molecule has 6 nitrogen and oxygen atoms in total. The van der Waals surface area contributed by atoms with Crippen molar-refractivity contribution in [3.8, 4) is 0 Å². The summed E-state index contributed by atoms with van der Waals surface area (Å²) in [4.78, 5) is 25.7. The van der Waals surface area contributed by atoms with E-state index in [4.69, 9.17) is 4.74 Å². The molecule has 1 saturated heterocycles. The molecule has 0 bridgehead atoms. The van der Waals surface area contributed by atoms with Gasteiger partial charge in [0.05, 0.1) is 19.3 Å². The molecule has 0 spiro atoms. The number of carbonyl (C=O) groups excluding carboxylic acids is 2. The van der Waals surface area contributed by atoms with E-state index in [2.05, 4.69) is 15.5 Å². The van der Waals surface area contributed by atoms with E-state index in [1.54, 1.807) is 0 Å². The number of morpholine rings is 1. The molecular weight excluding hydrogens is 258 g/mol. The number of amides is 3. The highest BCUT2D eigenvalue weighted by molar-refractivity contribution is 5.95. The zero-order valence-corrected chi connectivity index (χ0v) is 11.8. The van der Waals surface area contributed by atoms with Gasteiger partial charge in [-0.25, -0.2) is 4.79 Å². The average molecular weight is 281 g/mol. The largest absolute Gasteiger partial charge is 0.375 e. The van der Waals surface area contributed by atoms with E-state index in [1.165, 1.54) is 12.8 Å². The highest BCUT2D eigenvalue weighted by Crippen LogP contribution is 2.28. The molecule has 0 aromatic heterocycles. The summed E-state index contributed by atoms with van der Waals surface area (Å²) < 4.78 is 5.78.